The van der Waals surface area contributed by atoms with Crippen LogP contribution in [0.25, 0.3) is 0 Å². The van der Waals surface area contributed by atoms with E-state index >= 15 is 0 Å². The van der Waals surface area contributed by atoms with Gasteiger partial charge < -0.3 is 0 Å². The van der Waals surface area contributed by atoms with Crippen molar-refractivity contribution in [2.24, 2.45) is 5.41 Å². The quantitative estimate of drug-likeness (QED) is 0.523. The van der Waals surface area contributed by atoms with E-state index in [9.17, 15) is 4.79 Å². The first-order valence-electron chi connectivity index (χ1n) is 2.41. The fourth-order valence-corrected chi connectivity index (χ4v) is 3.64. The zero-order valence-corrected chi connectivity index (χ0v) is 6.27. The first kappa shape index (κ1) is 6.49. The molecule has 0 aromatic rings. The van der Waals surface area contributed by atoms with Crippen molar-refractivity contribution in [2.45, 2.75) is 6.92 Å². The van der Waals surface area contributed by atoms with E-state index in [4.69, 9.17) is 0 Å². The summed E-state index contributed by atoms with van der Waals surface area (Å²) in [7, 11) is 3.52. The average Bonchev–Trinajstić information content (AvgIpc) is 2.17. The lowest BCUT2D eigenvalue weighted by atomic mass is 9.99. The molecule has 0 aliphatic carbocycles. The van der Waals surface area contributed by atoms with Crippen LogP contribution in [-0.4, -0.2) is 17.8 Å². The van der Waals surface area contributed by atoms with E-state index in [2.05, 4.69) is 0 Å². The molecule has 0 bridgehead atoms. The Morgan fingerprint density at radius 1 is 1.50 bits per heavy atom. The topological polar surface area (TPSA) is 17.1 Å². The van der Waals surface area contributed by atoms with Crippen molar-refractivity contribution in [1.82, 2.24) is 0 Å². The molecule has 1 radical (unpaired) electrons. The third-order valence-corrected chi connectivity index (χ3v) is 3.97. The maximum absolute atomic E-state index is 10.2. The highest BCUT2D eigenvalue weighted by Crippen LogP contribution is 2.41. The van der Waals surface area contributed by atoms with Gasteiger partial charge in [0.1, 0.15) is 0 Å². The van der Waals surface area contributed by atoms with Crippen LogP contribution in [0, 0.1) is 5.41 Å². The Kier molecular flexibility index (Phi) is 1.88. The van der Waals surface area contributed by atoms with Gasteiger partial charge in [0.15, 0.2) is 0 Å². The Balaban J connectivity index is 2.52. The molecule has 0 saturated carbocycles. The summed E-state index contributed by atoms with van der Waals surface area (Å²) < 4.78 is 0. The summed E-state index contributed by atoms with van der Waals surface area (Å²) in [5.41, 5.74) is -0.144. The molecule has 1 fully saturated rings. The van der Waals surface area contributed by atoms with Crippen molar-refractivity contribution in [1.29, 1.82) is 0 Å². The Labute approximate surface area is 57.0 Å². The van der Waals surface area contributed by atoms with E-state index in [0.29, 0.717) is 0 Å². The first-order valence-corrected chi connectivity index (χ1v) is 4.89. The van der Waals surface area contributed by atoms with E-state index in [-0.39, 0.29) is 5.41 Å². The van der Waals surface area contributed by atoms with Crippen LogP contribution in [0.5, 0.6) is 0 Å². The molecule has 0 amide bonds. The van der Waals surface area contributed by atoms with Gasteiger partial charge in [0, 0.05) is 11.5 Å². The summed E-state index contributed by atoms with van der Waals surface area (Å²) in [5, 5.41) is 0. The summed E-state index contributed by atoms with van der Waals surface area (Å²) in [5.74, 6) is 1.86. The molecule has 0 N–H and O–H groups in total. The Morgan fingerprint density at radius 3 is 2.25 bits per heavy atom. The largest absolute Gasteiger partial charge is 0.290 e. The molecular formula is C5H7OS2. The minimum absolute atomic E-state index is 0.144. The second-order valence-corrected chi connectivity index (χ2v) is 4.65. The molecule has 0 aromatic carbocycles. The molecule has 0 unspecified atom stereocenters. The van der Waals surface area contributed by atoms with E-state index in [1.807, 2.05) is 13.2 Å². The van der Waals surface area contributed by atoms with E-state index in [0.717, 1.165) is 11.5 Å². The van der Waals surface area contributed by atoms with Crippen LogP contribution in [0.1, 0.15) is 6.92 Å². The van der Waals surface area contributed by atoms with Gasteiger partial charge in [0.2, 0.25) is 6.29 Å². The maximum Gasteiger partial charge on any atom is 0.206 e. The predicted molar refractivity (Wildman–Crippen MR) is 38.7 cm³/mol. The van der Waals surface area contributed by atoms with Crippen molar-refractivity contribution in [3.8, 4) is 0 Å². The van der Waals surface area contributed by atoms with Gasteiger partial charge in [-0.05, 0) is 0 Å². The molecule has 1 rings (SSSR count). The zero-order chi connectivity index (χ0) is 6.04. The first-order chi connectivity index (χ1) is 3.77. The summed E-state index contributed by atoms with van der Waals surface area (Å²) in [6.45, 7) is 1.95. The number of carbonyl (C=O) groups excluding carboxylic acids is 1. The lowest BCUT2D eigenvalue weighted by Gasteiger charge is -2.08. The fraction of sp³-hybridized carbons (Fsp3) is 0.800. The Hall–Kier alpha value is 0.370. The minimum atomic E-state index is -0.144. The molecule has 1 nitrogen and oxygen atoms in total. The summed E-state index contributed by atoms with van der Waals surface area (Å²) >= 11 is 0. The summed E-state index contributed by atoms with van der Waals surface area (Å²) in [6.07, 6.45) is 2.05. The Morgan fingerprint density at radius 2 is 2.00 bits per heavy atom. The van der Waals surface area contributed by atoms with E-state index < -0.39 is 0 Å². The Bertz CT molecular complexity index is 96.6. The van der Waals surface area contributed by atoms with Gasteiger partial charge in [-0.25, -0.2) is 0 Å². The molecular weight excluding hydrogens is 140 g/mol. The lowest BCUT2D eigenvalue weighted by molar-refractivity contribution is 0.491. The van der Waals surface area contributed by atoms with Crippen molar-refractivity contribution in [3.63, 3.8) is 0 Å². The summed E-state index contributed by atoms with van der Waals surface area (Å²) in [6, 6.07) is 0. The second-order valence-electron chi connectivity index (χ2n) is 2.19. The van der Waals surface area contributed by atoms with Crippen molar-refractivity contribution in [2.75, 3.05) is 11.5 Å². The predicted octanol–water partition coefficient (Wildman–Crippen LogP) is 1.50. The van der Waals surface area contributed by atoms with E-state index in [1.54, 1.807) is 21.6 Å². The van der Waals surface area contributed by atoms with Gasteiger partial charge in [-0.3, -0.25) is 4.79 Å². The third kappa shape index (κ3) is 1.20. The van der Waals surface area contributed by atoms with Crippen LogP contribution >= 0.6 is 21.6 Å². The third-order valence-electron chi connectivity index (χ3n) is 1.08. The number of hydrogen-bond donors (Lipinski definition) is 0. The average molecular weight is 147 g/mol. The van der Waals surface area contributed by atoms with Crippen LogP contribution < -0.4 is 0 Å². The summed E-state index contributed by atoms with van der Waals surface area (Å²) in [4.78, 5) is 10.2. The van der Waals surface area contributed by atoms with E-state index in [1.165, 1.54) is 0 Å². The van der Waals surface area contributed by atoms with Crippen LogP contribution in [0.15, 0.2) is 0 Å². The molecule has 0 spiro atoms. The van der Waals surface area contributed by atoms with Crippen LogP contribution in [-0.2, 0) is 4.79 Å². The van der Waals surface area contributed by atoms with Crippen molar-refractivity contribution >= 4 is 27.9 Å². The molecule has 1 aliphatic rings. The number of rotatable bonds is 1. The van der Waals surface area contributed by atoms with Gasteiger partial charge in [-0.1, -0.05) is 28.5 Å². The van der Waals surface area contributed by atoms with Crippen molar-refractivity contribution < 1.29 is 4.79 Å². The van der Waals surface area contributed by atoms with Gasteiger partial charge in [0.05, 0.1) is 5.41 Å². The monoisotopic (exact) mass is 147 g/mol. The second kappa shape index (κ2) is 2.31. The van der Waals surface area contributed by atoms with Gasteiger partial charge in [0.25, 0.3) is 0 Å². The zero-order valence-electron chi connectivity index (χ0n) is 4.64. The van der Waals surface area contributed by atoms with Gasteiger partial charge >= 0.3 is 0 Å². The van der Waals surface area contributed by atoms with Gasteiger partial charge in [-0.2, -0.15) is 0 Å². The standard InChI is InChI=1S/C5H7OS2/c1-5(2-6)3-7-8-4-5/h3-4H2,1H3. The highest BCUT2D eigenvalue weighted by molar-refractivity contribution is 8.77. The van der Waals surface area contributed by atoms with Crippen LogP contribution in [0.4, 0.5) is 0 Å². The van der Waals surface area contributed by atoms with Crippen molar-refractivity contribution in [3.05, 3.63) is 0 Å². The molecule has 0 aromatic heterocycles. The minimum Gasteiger partial charge on any atom is -0.290 e. The van der Waals surface area contributed by atoms with Crippen LogP contribution in [0.2, 0.25) is 0 Å². The maximum atomic E-state index is 10.2. The van der Waals surface area contributed by atoms with Crippen LogP contribution in [0.3, 0.4) is 0 Å². The molecule has 1 saturated heterocycles. The van der Waals surface area contributed by atoms with Gasteiger partial charge in [-0.15, -0.1) is 0 Å². The highest BCUT2D eigenvalue weighted by Gasteiger charge is 2.30. The smallest absolute Gasteiger partial charge is 0.206 e. The fourth-order valence-electron chi connectivity index (χ4n) is 0.444. The molecule has 45 valence electrons. The normalized spacial score (nSPS) is 25.6. The molecule has 1 heterocycles. The number of hydrogen-bond acceptors (Lipinski definition) is 3. The molecule has 0 atom stereocenters. The SMILES string of the molecule is CC1([C]=O)CSSC1. The lowest BCUT2D eigenvalue weighted by Crippen LogP contribution is -2.19. The molecule has 1 aliphatic heterocycles. The highest BCUT2D eigenvalue weighted by atomic mass is 33.1. The molecule has 3 heteroatoms. The molecule has 8 heavy (non-hydrogen) atoms.